The summed E-state index contributed by atoms with van der Waals surface area (Å²) in [6.45, 7) is 6.92. The van der Waals surface area contributed by atoms with Crippen LogP contribution in [-0.4, -0.2) is 44.0 Å². The number of hydrogen-bond donors (Lipinski definition) is 4. The molecular formula is C20H28O6. The summed E-state index contributed by atoms with van der Waals surface area (Å²) in [5, 5.41) is 45.1. The molecule has 1 aromatic rings. The van der Waals surface area contributed by atoms with Crippen LogP contribution in [0.5, 0.6) is 0 Å². The molecule has 0 aliphatic heterocycles. The van der Waals surface area contributed by atoms with Crippen molar-refractivity contribution in [2.75, 3.05) is 0 Å². The Hall–Kier alpha value is -1.21. The van der Waals surface area contributed by atoms with E-state index in [1.807, 2.05) is 13.8 Å². The van der Waals surface area contributed by atoms with Crippen LogP contribution in [0.1, 0.15) is 51.9 Å². The van der Waals surface area contributed by atoms with Gasteiger partial charge in [0.25, 0.3) is 0 Å². The summed E-state index contributed by atoms with van der Waals surface area (Å²) in [5.74, 6) is -0.900. The fourth-order valence-electron chi connectivity index (χ4n) is 6.41. The SMILES string of the molecule is CC1(C)CCC(=O)[C@]2(C)[C@H]3Cc4occc4[C@@](C)(O)[C@@H]3[C@@H](O)[C@H](O)[C@@]12O. The van der Waals surface area contributed by atoms with Crippen molar-refractivity contribution >= 4 is 5.78 Å². The van der Waals surface area contributed by atoms with E-state index in [0.717, 1.165) is 0 Å². The number of rotatable bonds is 0. The Balaban J connectivity index is 1.98. The highest BCUT2D eigenvalue weighted by molar-refractivity contribution is 5.88. The fourth-order valence-corrected chi connectivity index (χ4v) is 6.41. The Labute approximate surface area is 152 Å². The van der Waals surface area contributed by atoms with Crippen LogP contribution in [0.25, 0.3) is 0 Å². The molecule has 4 N–H and O–H groups in total. The van der Waals surface area contributed by atoms with E-state index in [0.29, 0.717) is 30.6 Å². The van der Waals surface area contributed by atoms with Crippen molar-refractivity contribution < 1.29 is 29.6 Å². The molecule has 144 valence electrons. The Kier molecular flexibility index (Phi) is 3.48. The predicted molar refractivity (Wildman–Crippen MR) is 92.1 cm³/mol. The molecule has 4 rings (SSSR count). The van der Waals surface area contributed by atoms with Crippen molar-refractivity contribution in [2.45, 2.75) is 70.4 Å². The lowest BCUT2D eigenvalue weighted by Crippen LogP contribution is -2.79. The van der Waals surface area contributed by atoms with Gasteiger partial charge in [0, 0.05) is 24.3 Å². The molecule has 0 aromatic carbocycles. The highest BCUT2D eigenvalue weighted by Crippen LogP contribution is 2.66. The zero-order valence-corrected chi connectivity index (χ0v) is 15.7. The molecule has 2 fully saturated rings. The third kappa shape index (κ3) is 1.74. The zero-order valence-electron chi connectivity index (χ0n) is 15.7. The van der Waals surface area contributed by atoms with Crippen molar-refractivity contribution in [1.29, 1.82) is 0 Å². The smallest absolute Gasteiger partial charge is 0.142 e. The van der Waals surface area contributed by atoms with Gasteiger partial charge in [-0.2, -0.15) is 0 Å². The number of fused-ring (bicyclic) bond motifs is 4. The first-order chi connectivity index (χ1) is 11.9. The highest BCUT2D eigenvalue weighted by atomic mass is 16.4. The van der Waals surface area contributed by atoms with E-state index in [1.54, 1.807) is 19.9 Å². The van der Waals surface area contributed by atoms with Gasteiger partial charge in [-0.1, -0.05) is 13.8 Å². The number of hydrogen-bond acceptors (Lipinski definition) is 6. The van der Waals surface area contributed by atoms with Crippen molar-refractivity contribution in [1.82, 2.24) is 0 Å². The lowest BCUT2D eigenvalue weighted by atomic mass is 9.39. The van der Waals surface area contributed by atoms with Crippen molar-refractivity contribution in [2.24, 2.45) is 22.7 Å². The van der Waals surface area contributed by atoms with Gasteiger partial charge in [0.1, 0.15) is 23.2 Å². The highest BCUT2D eigenvalue weighted by Gasteiger charge is 2.76. The lowest BCUT2D eigenvalue weighted by Gasteiger charge is -2.67. The first-order valence-electron chi connectivity index (χ1n) is 9.31. The molecule has 3 aliphatic rings. The van der Waals surface area contributed by atoms with Gasteiger partial charge in [0.05, 0.1) is 23.4 Å². The van der Waals surface area contributed by atoms with Crippen molar-refractivity contribution in [3.8, 4) is 0 Å². The Morgan fingerprint density at radius 3 is 2.46 bits per heavy atom. The maximum Gasteiger partial charge on any atom is 0.142 e. The van der Waals surface area contributed by atoms with E-state index in [9.17, 15) is 25.2 Å². The molecule has 3 aliphatic carbocycles. The van der Waals surface area contributed by atoms with E-state index in [1.165, 1.54) is 6.26 Å². The lowest BCUT2D eigenvalue weighted by molar-refractivity contribution is -0.313. The molecule has 1 heterocycles. The second-order valence-electron chi connectivity index (χ2n) is 9.45. The summed E-state index contributed by atoms with van der Waals surface area (Å²) < 4.78 is 5.55. The fraction of sp³-hybridized carbons (Fsp3) is 0.750. The summed E-state index contributed by atoms with van der Waals surface area (Å²) in [6, 6.07) is 1.67. The largest absolute Gasteiger partial charge is 0.469 e. The quantitative estimate of drug-likeness (QED) is 0.549. The summed E-state index contributed by atoms with van der Waals surface area (Å²) in [7, 11) is 0. The van der Waals surface area contributed by atoms with Gasteiger partial charge in [-0.05, 0) is 37.7 Å². The number of aliphatic hydroxyl groups is 4. The molecule has 0 spiro atoms. The maximum atomic E-state index is 13.1. The zero-order chi connectivity index (χ0) is 19.3. The molecule has 26 heavy (non-hydrogen) atoms. The maximum absolute atomic E-state index is 13.1. The Morgan fingerprint density at radius 1 is 1.15 bits per heavy atom. The molecule has 1 aromatic heterocycles. The number of furan rings is 1. The molecule has 7 atom stereocenters. The molecule has 0 saturated heterocycles. The van der Waals surface area contributed by atoms with Gasteiger partial charge in [-0.3, -0.25) is 4.79 Å². The van der Waals surface area contributed by atoms with Gasteiger partial charge in [-0.15, -0.1) is 0 Å². The van der Waals surface area contributed by atoms with Crippen LogP contribution in [0.3, 0.4) is 0 Å². The van der Waals surface area contributed by atoms with Gasteiger partial charge >= 0.3 is 0 Å². The number of aliphatic hydroxyl groups excluding tert-OH is 2. The second-order valence-corrected chi connectivity index (χ2v) is 9.45. The van der Waals surface area contributed by atoms with E-state index in [-0.39, 0.29) is 5.78 Å². The average molecular weight is 364 g/mol. The van der Waals surface area contributed by atoms with Gasteiger partial charge in [0.2, 0.25) is 0 Å². The minimum atomic E-state index is -1.80. The van der Waals surface area contributed by atoms with E-state index < -0.39 is 46.1 Å². The van der Waals surface area contributed by atoms with Crippen molar-refractivity contribution in [3.05, 3.63) is 23.7 Å². The third-order valence-electron chi connectivity index (χ3n) is 8.02. The van der Waals surface area contributed by atoms with Gasteiger partial charge in [0.15, 0.2) is 0 Å². The van der Waals surface area contributed by atoms with E-state index in [4.69, 9.17) is 4.42 Å². The van der Waals surface area contributed by atoms with Gasteiger partial charge in [-0.25, -0.2) is 0 Å². The van der Waals surface area contributed by atoms with E-state index >= 15 is 0 Å². The normalized spacial score (nSPS) is 49.9. The number of Topliss-reactive ketones (excluding diaryl/α,β-unsaturated/α-hetero) is 1. The Bertz CT molecular complexity index is 764. The molecule has 0 radical (unpaired) electrons. The third-order valence-corrected chi connectivity index (χ3v) is 8.02. The number of carbonyl (C=O) groups is 1. The second kappa shape index (κ2) is 4.98. The molecule has 0 bridgehead atoms. The van der Waals surface area contributed by atoms with Crippen LogP contribution in [0.4, 0.5) is 0 Å². The minimum Gasteiger partial charge on any atom is -0.469 e. The van der Waals surface area contributed by atoms with Crippen LogP contribution in [-0.2, 0) is 16.8 Å². The summed E-state index contributed by atoms with van der Waals surface area (Å²) in [4.78, 5) is 13.1. The summed E-state index contributed by atoms with van der Waals surface area (Å²) in [5.41, 5.74) is -4.77. The molecule has 0 unspecified atom stereocenters. The number of carbonyl (C=O) groups excluding carboxylic acids is 1. The van der Waals surface area contributed by atoms with Crippen LogP contribution in [0.2, 0.25) is 0 Å². The molecule has 0 amide bonds. The van der Waals surface area contributed by atoms with Crippen molar-refractivity contribution in [3.63, 3.8) is 0 Å². The summed E-state index contributed by atoms with van der Waals surface area (Å²) >= 11 is 0. The molecule has 6 nitrogen and oxygen atoms in total. The van der Waals surface area contributed by atoms with E-state index in [2.05, 4.69) is 0 Å². The first kappa shape index (κ1) is 18.2. The monoisotopic (exact) mass is 364 g/mol. The Morgan fingerprint density at radius 2 is 1.81 bits per heavy atom. The van der Waals surface area contributed by atoms with Crippen LogP contribution < -0.4 is 0 Å². The van der Waals surface area contributed by atoms with Crippen LogP contribution in [0, 0.1) is 22.7 Å². The average Bonchev–Trinajstić information content (AvgIpc) is 3.03. The topological polar surface area (TPSA) is 111 Å². The molecular weight excluding hydrogens is 336 g/mol. The predicted octanol–water partition coefficient (Wildman–Crippen LogP) is 1.14. The molecule has 2 saturated carbocycles. The summed E-state index contributed by atoms with van der Waals surface area (Å²) in [6.07, 6.45) is -0.352. The first-order valence-corrected chi connectivity index (χ1v) is 9.31. The standard InChI is InChI=1S/C20H28O6/c1-17(2)7-5-13(21)18(3)11-9-12-10(6-8-26-12)19(4,24)14(11)15(22)16(23)20(17,18)25/h6,8,11,14-16,22-25H,5,7,9H2,1-4H3/t11-,14-,15+,16-,18-,19+,20+/m0/s1. The van der Waals surface area contributed by atoms with Gasteiger partial charge < -0.3 is 24.8 Å². The van der Waals surface area contributed by atoms with Crippen LogP contribution >= 0.6 is 0 Å². The molecule has 6 heteroatoms. The minimum absolute atomic E-state index is 0.133. The van der Waals surface area contributed by atoms with Crippen LogP contribution in [0.15, 0.2) is 16.7 Å². The number of ketones is 1.